The minimum absolute atomic E-state index is 0.0578. The fourth-order valence-corrected chi connectivity index (χ4v) is 6.34. The maximum Gasteiger partial charge on any atom is 0.232 e. The minimum Gasteiger partial charge on any atom is -0.381 e. The van der Waals surface area contributed by atoms with Gasteiger partial charge in [0.25, 0.3) is 0 Å². The highest BCUT2D eigenvalue weighted by Crippen LogP contribution is 2.35. The van der Waals surface area contributed by atoms with Crippen molar-refractivity contribution in [3.05, 3.63) is 40.9 Å². The fraction of sp³-hybridized carbons (Fsp3) is 0.621. The molecule has 38 heavy (non-hydrogen) atoms. The van der Waals surface area contributed by atoms with Crippen molar-refractivity contribution in [2.75, 3.05) is 54.5 Å². The van der Waals surface area contributed by atoms with Crippen molar-refractivity contribution in [2.45, 2.75) is 76.2 Å². The third-order valence-corrected chi connectivity index (χ3v) is 8.94. The van der Waals surface area contributed by atoms with Crippen LogP contribution in [0.15, 0.2) is 30.3 Å². The van der Waals surface area contributed by atoms with Gasteiger partial charge in [-0.1, -0.05) is 36.6 Å². The summed E-state index contributed by atoms with van der Waals surface area (Å²) in [6.07, 6.45) is 10.5. The number of halogens is 1. The number of rotatable bonds is 6. The maximum atomic E-state index is 6.18. The smallest absolute Gasteiger partial charge is 0.232 e. The summed E-state index contributed by atoms with van der Waals surface area (Å²) in [5.74, 6) is 2.57. The van der Waals surface area contributed by atoms with E-state index in [-0.39, 0.29) is 5.41 Å². The van der Waals surface area contributed by atoms with Crippen molar-refractivity contribution in [3.8, 4) is 0 Å². The van der Waals surface area contributed by atoms with E-state index in [0.717, 1.165) is 62.3 Å². The molecular weight excluding hydrogens is 516 g/mol. The molecule has 5 rings (SSSR count). The summed E-state index contributed by atoms with van der Waals surface area (Å²) in [4.78, 5) is 14.8. The van der Waals surface area contributed by atoms with Gasteiger partial charge in [0, 0.05) is 61.9 Å². The van der Waals surface area contributed by atoms with E-state index in [0.29, 0.717) is 23.6 Å². The highest BCUT2D eigenvalue weighted by atomic mass is 35.5. The number of hydrogen-bond donors (Lipinski definition) is 2. The summed E-state index contributed by atoms with van der Waals surface area (Å²) in [5, 5.41) is 8.14. The minimum atomic E-state index is -0.0578. The molecule has 206 valence electrons. The number of thiocarbonyl (C=S) groups is 1. The Morgan fingerprint density at radius 3 is 2.39 bits per heavy atom. The molecule has 0 aliphatic carbocycles. The molecule has 2 aromatic rings. The van der Waals surface area contributed by atoms with E-state index in [1.54, 1.807) is 0 Å². The highest BCUT2D eigenvalue weighted by Gasteiger charge is 2.34. The Labute approximate surface area is 237 Å². The van der Waals surface area contributed by atoms with E-state index in [1.807, 2.05) is 12.1 Å². The van der Waals surface area contributed by atoms with Crippen molar-refractivity contribution in [2.24, 2.45) is 0 Å². The summed E-state index contributed by atoms with van der Waals surface area (Å²) in [7, 11) is 0. The molecule has 9 heteroatoms. The first-order chi connectivity index (χ1) is 18.5. The van der Waals surface area contributed by atoms with Crippen LogP contribution in [0.3, 0.4) is 0 Å². The van der Waals surface area contributed by atoms with Gasteiger partial charge in [-0.15, -0.1) is 0 Å². The molecule has 2 N–H and O–H groups in total. The Balaban J connectivity index is 1.33. The molecule has 0 saturated carbocycles. The number of ether oxygens (including phenoxy) is 1. The van der Waals surface area contributed by atoms with Gasteiger partial charge in [-0.3, -0.25) is 0 Å². The van der Waals surface area contributed by atoms with Crippen LogP contribution in [0.2, 0.25) is 5.02 Å². The number of nitrogens with zero attached hydrogens (tertiary/aromatic N) is 4. The van der Waals surface area contributed by atoms with E-state index in [1.165, 1.54) is 50.5 Å². The molecule has 0 amide bonds. The maximum absolute atomic E-state index is 6.18. The lowest BCUT2D eigenvalue weighted by Crippen LogP contribution is -2.45. The molecule has 1 atom stereocenters. The number of piperidine rings is 1. The van der Waals surface area contributed by atoms with Crippen LogP contribution in [-0.2, 0) is 10.2 Å². The second-order valence-corrected chi connectivity index (χ2v) is 11.9. The molecule has 0 unspecified atom stereocenters. The van der Waals surface area contributed by atoms with Gasteiger partial charge in [0.1, 0.15) is 11.6 Å². The van der Waals surface area contributed by atoms with Crippen LogP contribution in [0.4, 0.5) is 17.6 Å². The first kappa shape index (κ1) is 27.4. The van der Waals surface area contributed by atoms with Crippen LogP contribution in [-0.4, -0.2) is 60.5 Å². The van der Waals surface area contributed by atoms with Crippen LogP contribution in [0.5, 0.6) is 0 Å². The molecule has 1 aromatic heterocycles. The van der Waals surface area contributed by atoms with Crippen molar-refractivity contribution in [1.29, 1.82) is 0 Å². The Morgan fingerprint density at radius 2 is 1.68 bits per heavy atom. The van der Waals surface area contributed by atoms with Crippen LogP contribution >= 0.6 is 23.8 Å². The monoisotopic (exact) mass is 556 g/mol. The topological polar surface area (TPSA) is 65.5 Å². The molecule has 3 saturated heterocycles. The normalized spacial score (nSPS) is 22.0. The van der Waals surface area contributed by atoms with Gasteiger partial charge in [0.05, 0.1) is 0 Å². The predicted octanol–water partition coefficient (Wildman–Crippen LogP) is 5.92. The molecule has 4 heterocycles. The summed E-state index contributed by atoms with van der Waals surface area (Å²) in [5.41, 5.74) is 1.21. The molecule has 3 aliphatic heterocycles. The van der Waals surface area contributed by atoms with E-state index in [9.17, 15) is 0 Å². The number of nitrogens with one attached hydrogen (secondary N) is 2. The van der Waals surface area contributed by atoms with Gasteiger partial charge in [-0.05, 0) is 81.8 Å². The molecule has 0 bridgehead atoms. The largest absolute Gasteiger partial charge is 0.381 e. The van der Waals surface area contributed by atoms with E-state index >= 15 is 0 Å². The predicted molar refractivity (Wildman–Crippen MR) is 161 cm³/mol. The first-order valence-corrected chi connectivity index (χ1v) is 15.1. The van der Waals surface area contributed by atoms with Crippen molar-refractivity contribution in [3.63, 3.8) is 0 Å². The Morgan fingerprint density at radius 1 is 1.00 bits per heavy atom. The lowest BCUT2D eigenvalue weighted by molar-refractivity contribution is 0.0515. The average Bonchev–Trinajstić information content (AvgIpc) is 3.23. The summed E-state index contributed by atoms with van der Waals surface area (Å²) < 4.78 is 5.70. The van der Waals surface area contributed by atoms with E-state index in [2.05, 4.69) is 45.6 Å². The Hall–Kier alpha value is -2.16. The molecule has 3 aliphatic rings. The van der Waals surface area contributed by atoms with Gasteiger partial charge >= 0.3 is 0 Å². The van der Waals surface area contributed by atoms with Gasteiger partial charge in [0.2, 0.25) is 5.95 Å². The van der Waals surface area contributed by atoms with Crippen LogP contribution in [0, 0.1) is 0 Å². The van der Waals surface area contributed by atoms with Crippen molar-refractivity contribution < 1.29 is 4.74 Å². The van der Waals surface area contributed by atoms with Crippen LogP contribution in [0.1, 0.15) is 70.3 Å². The number of benzene rings is 1. The third-order valence-electron chi connectivity index (χ3n) is 8.45. The quantitative estimate of drug-likeness (QED) is 0.425. The molecule has 0 radical (unpaired) electrons. The molecule has 7 nitrogen and oxygen atoms in total. The van der Waals surface area contributed by atoms with E-state index < -0.39 is 0 Å². The van der Waals surface area contributed by atoms with Crippen molar-refractivity contribution >= 4 is 46.5 Å². The zero-order valence-electron chi connectivity index (χ0n) is 22.6. The van der Waals surface area contributed by atoms with Gasteiger partial charge in [-0.25, -0.2) is 0 Å². The zero-order chi connectivity index (χ0) is 26.4. The average molecular weight is 557 g/mol. The third kappa shape index (κ3) is 6.69. The standard InChI is InChI=1S/C29H41ClN6OS/c1-22-8-4-7-17-36(22)26-20-25(35-15-5-2-3-6-16-35)32-27(33-26)34-28(38)31-21-29(13-18-37-19-14-29)23-9-11-24(30)12-10-23/h9-12,20,22H,2-8,13-19,21H2,1H3,(H2,31,32,33,34,38)/t22-/m0/s1. The van der Waals surface area contributed by atoms with Gasteiger partial charge in [0.15, 0.2) is 5.11 Å². The number of hydrogen-bond acceptors (Lipinski definition) is 6. The number of anilines is 3. The first-order valence-electron chi connectivity index (χ1n) is 14.3. The summed E-state index contributed by atoms with van der Waals surface area (Å²) in [6, 6.07) is 10.9. The molecule has 3 fully saturated rings. The second kappa shape index (κ2) is 12.8. The second-order valence-electron chi connectivity index (χ2n) is 11.1. The van der Waals surface area contributed by atoms with Crippen molar-refractivity contribution in [1.82, 2.24) is 15.3 Å². The summed E-state index contributed by atoms with van der Waals surface area (Å²) >= 11 is 12.0. The Bertz CT molecular complexity index is 1070. The lowest BCUT2D eigenvalue weighted by atomic mass is 9.74. The van der Waals surface area contributed by atoms with Gasteiger partial charge < -0.3 is 25.2 Å². The lowest BCUT2D eigenvalue weighted by Gasteiger charge is -2.38. The Kier molecular flexibility index (Phi) is 9.23. The highest BCUT2D eigenvalue weighted by molar-refractivity contribution is 7.80. The van der Waals surface area contributed by atoms with Crippen LogP contribution < -0.4 is 20.4 Å². The molecule has 0 spiro atoms. The van der Waals surface area contributed by atoms with Gasteiger partial charge in [-0.2, -0.15) is 9.97 Å². The summed E-state index contributed by atoms with van der Waals surface area (Å²) in [6.45, 7) is 7.61. The van der Waals surface area contributed by atoms with Crippen LogP contribution in [0.25, 0.3) is 0 Å². The molecular formula is C29H41ClN6OS. The molecule has 1 aromatic carbocycles. The number of aromatic nitrogens is 2. The zero-order valence-corrected chi connectivity index (χ0v) is 24.1. The SMILES string of the molecule is C[C@H]1CCCCN1c1cc(N2CCCCCC2)nc(NC(=S)NCC2(c3ccc(Cl)cc3)CCOCC2)n1. The van der Waals surface area contributed by atoms with E-state index in [4.69, 9.17) is 38.5 Å². The fourth-order valence-electron chi connectivity index (χ4n) is 6.05.